The standard InChI is InChI=1S/C42H74O8/c1-9-11-12-13-14-15-16-17-18-19-20-21-22-24-35(44)48-34-26-28-42(8,50-36(45)23-10-2)39-37-32(30(3)4)25-27-41(7,49-31(5)43)38(37)33(47-39)29-40(34,6)46/h30,32-34,37-39,46H,9-29H2,1-8H3. The van der Waals surface area contributed by atoms with Crippen molar-refractivity contribution in [2.75, 3.05) is 0 Å². The molecule has 3 rings (SSSR count). The van der Waals surface area contributed by atoms with E-state index in [1.54, 1.807) is 6.92 Å². The van der Waals surface area contributed by atoms with Crippen LogP contribution in [0.25, 0.3) is 0 Å². The van der Waals surface area contributed by atoms with Crippen molar-refractivity contribution in [2.45, 2.75) is 225 Å². The lowest BCUT2D eigenvalue weighted by molar-refractivity contribution is -0.186. The quantitative estimate of drug-likeness (QED) is 0.0757. The summed E-state index contributed by atoms with van der Waals surface area (Å²) >= 11 is 0. The summed E-state index contributed by atoms with van der Waals surface area (Å²) < 4.78 is 25.5. The second kappa shape index (κ2) is 20.0. The van der Waals surface area contributed by atoms with Gasteiger partial charge in [0, 0.05) is 38.0 Å². The minimum Gasteiger partial charge on any atom is -0.459 e. The lowest BCUT2D eigenvalue weighted by Gasteiger charge is -2.51. The zero-order valence-corrected chi connectivity index (χ0v) is 33.2. The topological polar surface area (TPSA) is 108 Å². The van der Waals surface area contributed by atoms with Crippen molar-refractivity contribution in [2.24, 2.45) is 23.7 Å². The Morgan fingerprint density at radius 2 is 1.30 bits per heavy atom. The van der Waals surface area contributed by atoms with Crippen molar-refractivity contribution in [3.05, 3.63) is 0 Å². The van der Waals surface area contributed by atoms with Gasteiger partial charge in [0.05, 0.1) is 6.10 Å². The van der Waals surface area contributed by atoms with E-state index < -0.39 is 35.1 Å². The van der Waals surface area contributed by atoms with Crippen molar-refractivity contribution in [1.29, 1.82) is 0 Å². The monoisotopic (exact) mass is 707 g/mol. The lowest BCUT2D eigenvalue weighted by Crippen LogP contribution is -2.58. The minimum atomic E-state index is -1.39. The van der Waals surface area contributed by atoms with Crippen LogP contribution in [0.4, 0.5) is 0 Å². The predicted octanol–water partition coefficient (Wildman–Crippen LogP) is 9.80. The van der Waals surface area contributed by atoms with Crippen LogP contribution >= 0.6 is 0 Å². The summed E-state index contributed by atoms with van der Waals surface area (Å²) in [6.45, 7) is 15.8. The Bertz CT molecular complexity index is 1060. The molecule has 0 aromatic rings. The van der Waals surface area contributed by atoms with E-state index in [2.05, 4.69) is 20.8 Å². The molecule has 8 nitrogen and oxygen atoms in total. The SMILES string of the molecule is CCCCCCCCCCCCCCCC(=O)OC1CCC(C)(OC(=O)CCC)C2OC(CC1(C)O)C1C2C(C(C)C)CCC1(C)OC(C)=O. The summed E-state index contributed by atoms with van der Waals surface area (Å²) in [4.78, 5) is 38.8. The van der Waals surface area contributed by atoms with E-state index in [0.29, 0.717) is 44.4 Å². The van der Waals surface area contributed by atoms with Crippen LogP contribution in [0.1, 0.15) is 190 Å². The number of carbonyl (C=O) groups excluding carboxylic acids is 3. The molecule has 3 aliphatic rings. The average Bonchev–Trinajstić information content (AvgIpc) is 3.42. The van der Waals surface area contributed by atoms with E-state index in [1.807, 2.05) is 20.8 Å². The van der Waals surface area contributed by atoms with Crippen molar-refractivity contribution < 1.29 is 38.4 Å². The third-order valence-corrected chi connectivity index (χ3v) is 12.3. The highest BCUT2D eigenvalue weighted by atomic mass is 16.6. The van der Waals surface area contributed by atoms with Crippen LogP contribution in [0.3, 0.4) is 0 Å². The second-order valence-corrected chi connectivity index (χ2v) is 17.2. The maximum absolute atomic E-state index is 13.2. The van der Waals surface area contributed by atoms with Gasteiger partial charge < -0.3 is 24.1 Å². The van der Waals surface area contributed by atoms with E-state index in [1.165, 1.54) is 71.1 Å². The number of esters is 3. The number of hydrogen-bond acceptors (Lipinski definition) is 8. The van der Waals surface area contributed by atoms with Crippen molar-refractivity contribution >= 4 is 17.9 Å². The number of fused-ring (bicyclic) bond motifs is 5. The largest absolute Gasteiger partial charge is 0.459 e. The van der Waals surface area contributed by atoms with Crippen LogP contribution in [-0.2, 0) is 33.3 Å². The molecule has 9 atom stereocenters. The number of unbranched alkanes of at least 4 members (excludes halogenated alkanes) is 12. The van der Waals surface area contributed by atoms with Crippen molar-refractivity contribution in [3.8, 4) is 0 Å². The van der Waals surface area contributed by atoms with E-state index >= 15 is 0 Å². The van der Waals surface area contributed by atoms with Gasteiger partial charge in [0.15, 0.2) is 0 Å². The first kappa shape index (κ1) is 42.7. The Labute approximate surface area is 304 Å². The maximum Gasteiger partial charge on any atom is 0.306 e. The number of ether oxygens (including phenoxy) is 4. The summed E-state index contributed by atoms with van der Waals surface area (Å²) in [5, 5.41) is 12.1. The lowest BCUT2D eigenvalue weighted by atomic mass is 9.57. The van der Waals surface area contributed by atoms with Crippen LogP contribution in [-0.4, -0.2) is 58.1 Å². The summed E-state index contributed by atoms with van der Waals surface area (Å²) in [5.74, 6) is -0.564. The van der Waals surface area contributed by atoms with Crippen LogP contribution in [0, 0.1) is 23.7 Å². The Hall–Kier alpha value is -1.67. The molecule has 0 spiro atoms. The molecule has 290 valence electrons. The number of hydrogen-bond donors (Lipinski definition) is 1. The molecule has 0 radical (unpaired) electrons. The molecule has 2 heterocycles. The molecule has 50 heavy (non-hydrogen) atoms. The van der Waals surface area contributed by atoms with Gasteiger partial charge in [-0.15, -0.1) is 0 Å². The van der Waals surface area contributed by atoms with Gasteiger partial charge in [-0.25, -0.2) is 0 Å². The van der Waals surface area contributed by atoms with Crippen molar-refractivity contribution in [3.63, 3.8) is 0 Å². The van der Waals surface area contributed by atoms with Crippen LogP contribution in [0.15, 0.2) is 0 Å². The fourth-order valence-corrected chi connectivity index (χ4v) is 9.58. The number of carbonyl (C=O) groups is 3. The average molecular weight is 707 g/mol. The van der Waals surface area contributed by atoms with Gasteiger partial charge in [-0.05, 0) is 71.1 Å². The normalized spacial score (nSPS) is 34.0. The fraction of sp³-hybridized carbons (Fsp3) is 0.929. The molecule has 0 aromatic heterocycles. The van der Waals surface area contributed by atoms with E-state index in [0.717, 1.165) is 25.7 Å². The summed E-state index contributed by atoms with van der Waals surface area (Å²) in [6.07, 6.45) is 18.2. The first-order chi connectivity index (χ1) is 23.7. The molecule has 3 fully saturated rings. The van der Waals surface area contributed by atoms with Crippen LogP contribution in [0.2, 0.25) is 0 Å². The number of aliphatic hydroxyl groups is 1. The summed E-state index contributed by atoms with van der Waals surface area (Å²) in [6, 6.07) is 0. The zero-order chi connectivity index (χ0) is 37.0. The highest BCUT2D eigenvalue weighted by Crippen LogP contribution is 2.58. The molecule has 2 aliphatic heterocycles. The van der Waals surface area contributed by atoms with Gasteiger partial charge in [0.25, 0.3) is 0 Å². The molecular weight excluding hydrogens is 632 g/mol. The van der Waals surface area contributed by atoms with Gasteiger partial charge in [0.1, 0.15) is 29.0 Å². The Morgan fingerprint density at radius 1 is 0.740 bits per heavy atom. The van der Waals surface area contributed by atoms with Gasteiger partial charge >= 0.3 is 17.9 Å². The second-order valence-electron chi connectivity index (χ2n) is 17.2. The first-order valence-electron chi connectivity index (χ1n) is 20.7. The number of rotatable bonds is 20. The van der Waals surface area contributed by atoms with E-state index in [-0.39, 0.29) is 42.1 Å². The van der Waals surface area contributed by atoms with Crippen LogP contribution < -0.4 is 0 Å². The molecule has 1 aliphatic carbocycles. The molecule has 0 amide bonds. The summed E-state index contributed by atoms with van der Waals surface area (Å²) in [7, 11) is 0. The van der Waals surface area contributed by atoms with E-state index in [4.69, 9.17) is 18.9 Å². The Morgan fingerprint density at radius 3 is 1.84 bits per heavy atom. The predicted molar refractivity (Wildman–Crippen MR) is 197 cm³/mol. The smallest absolute Gasteiger partial charge is 0.306 e. The van der Waals surface area contributed by atoms with Crippen LogP contribution in [0.5, 0.6) is 0 Å². The fourth-order valence-electron chi connectivity index (χ4n) is 9.58. The minimum absolute atomic E-state index is 0.0389. The molecule has 1 saturated carbocycles. The van der Waals surface area contributed by atoms with Gasteiger partial charge in [-0.1, -0.05) is 105 Å². The molecular formula is C42H74O8. The highest BCUT2D eigenvalue weighted by Gasteiger charge is 2.65. The van der Waals surface area contributed by atoms with Gasteiger partial charge in [0.2, 0.25) is 0 Å². The first-order valence-corrected chi connectivity index (χ1v) is 20.7. The third kappa shape index (κ3) is 11.9. The summed E-state index contributed by atoms with van der Waals surface area (Å²) in [5.41, 5.74) is -3.20. The molecule has 0 aromatic carbocycles. The zero-order valence-electron chi connectivity index (χ0n) is 33.2. The highest BCUT2D eigenvalue weighted by molar-refractivity contribution is 5.70. The molecule has 9 unspecified atom stereocenters. The molecule has 2 saturated heterocycles. The van der Waals surface area contributed by atoms with E-state index in [9.17, 15) is 19.5 Å². The van der Waals surface area contributed by atoms with Crippen molar-refractivity contribution in [1.82, 2.24) is 0 Å². The molecule has 8 heteroatoms. The third-order valence-electron chi connectivity index (χ3n) is 12.3. The maximum atomic E-state index is 13.2. The Balaban J connectivity index is 1.68. The Kier molecular flexibility index (Phi) is 17.1. The van der Waals surface area contributed by atoms with Gasteiger partial charge in [-0.2, -0.15) is 0 Å². The molecule has 2 bridgehead atoms. The molecule has 1 N–H and O–H groups in total. The van der Waals surface area contributed by atoms with Gasteiger partial charge in [-0.3, -0.25) is 14.4 Å².